The lowest BCUT2D eigenvalue weighted by atomic mass is 9.81. The van der Waals surface area contributed by atoms with Gasteiger partial charge in [-0.3, -0.25) is 0 Å². The second kappa shape index (κ2) is 4.03. The van der Waals surface area contributed by atoms with Crippen LogP contribution < -0.4 is 0 Å². The van der Waals surface area contributed by atoms with E-state index >= 15 is 0 Å². The van der Waals surface area contributed by atoms with Crippen LogP contribution in [0.25, 0.3) is 0 Å². The van der Waals surface area contributed by atoms with E-state index in [4.69, 9.17) is 0 Å². The molecule has 1 nitrogen and oxygen atoms in total. The topological polar surface area (TPSA) is 15.8 Å². The summed E-state index contributed by atoms with van der Waals surface area (Å²) in [7, 11) is 0. The monoisotopic (exact) mass is 203 g/mol. The van der Waals surface area contributed by atoms with Gasteiger partial charge in [-0.1, -0.05) is 32.1 Å². The summed E-state index contributed by atoms with van der Waals surface area (Å²) in [6.45, 7) is 0. The Balaban J connectivity index is 1.64. The Hall–Kier alpha value is -0.720. The Kier molecular flexibility index (Phi) is 2.56. The van der Waals surface area contributed by atoms with Crippen molar-refractivity contribution in [1.82, 2.24) is 4.98 Å². The molecule has 15 heavy (non-hydrogen) atoms. The zero-order chi connectivity index (χ0) is 10.1. The maximum atomic E-state index is 3.38. The van der Waals surface area contributed by atoms with Crippen LogP contribution in [0.1, 0.15) is 62.1 Å². The first-order chi connectivity index (χ1) is 7.43. The summed E-state index contributed by atoms with van der Waals surface area (Å²) < 4.78 is 0. The lowest BCUT2D eigenvalue weighted by Crippen LogP contribution is -2.09. The molecule has 1 unspecified atom stereocenters. The number of fused-ring (bicyclic) bond motifs is 1. The molecule has 2 aliphatic rings. The Morgan fingerprint density at radius 1 is 1.13 bits per heavy atom. The highest BCUT2D eigenvalue weighted by molar-refractivity contribution is 5.29. The summed E-state index contributed by atoms with van der Waals surface area (Å²) in [5, 5.41) is 0. The van der Waals surface area contributed by atoms with Gasteiger partial charge in [0, 0.05) is 11.9 Å². The molecular formula is C14H21N. The van der Waals surface area contributed by atoms with Crippen molar-refractivity contribution in [3.05, 3.63) is 23.5 Å². The van der Waals surface area contributed by atoms with Gasteiger partial charge in [-0.25, -0.2) is 0 Å². The van der Waals surface area contributed by atoms with Crippen LogP contribution in [0.5, 0.6) is 0 Å². The minimum absolute atomic E-state index is 0.884. The molecule has 1 aromatic heterocycles. The van der Waals surface area contributed by atoms with Gasteiger partial charge in [0.15, 0.2) is 0 Å². The van der Waals surface area contributed by atoms with E-state index in [-0.39, 0.29) is 0 Å². The van der Waals surface area contributed by atoms with E-state index in [0.29, 0.717) is 0 Å². The van der Waals surface area contributed by atoms with Crippen molar-refractivity contribution in [3.8, 4) is 0 Å². The molecule has 0 amide bonds. The highest BCUT2D eigenvalue weighted by atomic mass is 14.7. The molecule has 0 saturated heterocycles. The number of rotatable bonds is 2. The zero-order valence-electron chi connectivity index (χ0n) is 9.47. The molecule has 1 heterocycles. The maximum absolute atomic E-state index is 3.38. The molecule has 1 heteroatoms. The second-order valence-electron chi connectivity index (χ2n) is 5.39. The van der Waals surface area contributed by atoms with E-state index in [1.165, 1.54) is 57.1 Å². The zero-order valence-corrected chi connectivity index (χ0v) is 9.47. The molecule has 2 aliphatic carbocycles. The van der Waals surface area contributed by atoms with Gasteiger partial charge in [0.1, 0.15) is 0 Å². The minimum Gasteiger partial charge on any atom is -0.365 e. The fourth-order valence-corrected chi connectivity index (χ4v) is 3.56. The predicted molar refractivity (Wildman–Crippen MR) is 63.0 cm³/mol. The summed E-state index contributed by atoms with van der Waals surface area (Å²) in [4.78, 5) is 3.38. The largest absolute Gasteiger partial charge is 0.365 e. The molecule has 1 aromatic rings. The molecular weight excluding hydrogens is 182 g/mol. The van der Waals surface area contributed by atoms with Gasteiger partial charge in [0.25, 0.3) is 0 Å². The third kappa shape index (κ3) is 1.84. The molecule has 1 atom stereocenters. The van der Waals surface area contributed by atoms with Crippen LogP contribution in [0.2, 0.25) is 0 Å². The molecule has 82 valence electrons. The maximum Gasteiger partial charge on any atom is 0.0182 e. The molecule has 0 aliphatic heterocycles. The van der Waals surface area contributed by atoms with E-state index in [1.54, 1.807) is 5.56 Å². The number of hydrogen-bond donors (Lipinski definition) is 1. The normalized spacial score (nSPS) is 26.8. The minimum atomic E-state index is 0.884. The molecule has 1 saturated carbocycles. The Bertz CT molecular complexity index is 320. The first kappa shape index (κ1) is 9.50. The van der Waals surface area contributed by atoms with Crippen LogP contribution in [0.15, 0.2) is 12.3 Å². The molecule has 0 bridgehead atoms. The number of hydrogen-bond acceptors (Lipinski definition) is 0. The fourth-order valence-electron chi connectivity index (χ4n) is 3.56. The Morgan fingerprint density at radius 3 is 2.87 bits per heavy atom. The van der Waals surface area contributed by atoms with Gasteiger partial charge >= 0.3 is 0 Å². The summed E-state index contributed by atoms with van der Waals surface area (Å²) in [5.74, 6) is 1.92. The van der Waals surface area contributed by atoms with Crippen LogP contribution in [-0.4, -0.2) is 4.98 Å². The SMILES string of the molecule is c1cc2c([nH]1)CCC2CC1CCCCC1. The highest BCUT2D eigenvalue weighted by Crippen LogP contribution is 2.40. The molecule has 0 spiro atoms. The number of aromatic amines is 1. The predicted octanol–water partition coefficient (Wildman–Crippen LogP) is 4.01. The van der Waals surface area contributed by atoms with Crippen molar-refractivity contribution in [2.75, 3.05) is 0 Å². The lowest BCUT2D eigenvalue weighted by molar-refractivity contribution is 0.317. The van der Waals surface area contributed by atoms with Crippen molar-refractivity contribution in [2.24, 2.45) is 5.92 Å². The van der Waals surface area contributed by atoms with E-state index < -0.39 is 0 Å². The summed E-state index contributed by atoms with van der Waals surface area (Å²) in [6, 6.07) is 2.32. The van der Waals surface area contributed by atoms with Gasteiger partial charge in [-0.15, -0.1) is 0 Å². The van der Waals surface area contributed by atoms with Gasteiger partial charge in [-0.2, -0.15) is 0 Å². The summed E-state index contributed by atoms with van der Waals surface area (Å²) >= 11 is 0. The third-order valence-corrected chi connectivity index (χ3v) is 4.39. The van der Waals surface area contributed by atoms with E-state index in [2.05, 4.69) is 17.2 Å². The van der Waals surface area contributed by atoms with Gasteiger partial charge in [0.05, 0.1) is 0 Å². The average Bonchev–Trinajstić information content (AvgIpc) is 2.85. The number of H-pyrrole nitrogens is 1. The van der Waals surface area contributed by atoms with Crippen molar-refractivity contribution < 1.29 is 0 Å². The van der Waals surface area contributed by atoms with Gasteiger partial charge in [0.2, 0.25) is 0 Å². The van der Waals surface area contributed by atoms with Crippen LogP contribution in [0.4, 0.5) is 0 Å². The molecule has 0 radical (unpaired) electrons. The van der Waals surface area contributed by atoms with Crippen molar-refractivity contribution in [2.45, 2.75) is 57.3 Å². The van der Waals surface area contributed by atoms with Crippen molar-refractivity contribution in [1.29, 1.82) is 0 Å². The first-order valence-corrected chi connectivity index (χ1v) is 6.59. The lowest BCUT2D eigenvalue weighted by Gasteiger charge is -2.24. The average molecular weight is 203 g/mol. The van der Waals surface area contributed by atoms with E-state index in [0.717, 1.165) is 11.8 Å². The fraction of sp³-hybridized carbons (Fsp3) is 0.714. The van der Waals surface area contributed by atoms with Crippen molar-refractivity contribution >= 4 is 0 Å². The molecule has 3 rings (SSSR count). The van der Waals surface area contributed by atoms with Crippen LogP contribution in [-0.2, 0) is 6.42 Å². The summed E-state index contributed by atoms with van der Waals surface area (Å²) in [5.41, 5.74) is 3.16. The standard InChI is InChI=1S/C14H21N/c1-2-4-11(5-3-1)10-12-6-7-14-13(12)8-9-15-14/h8-9,11-12,15H,1-7,10H2. The van der Waals surface area contributed by atoms with Crippen molar-refractivity contribution in [3.63, 3.8) is 0 Å². The van der Waals surface area contributed by atoms with Crippen LogP contribution in [0.3, 0.4) is 0 Å². The number of nitrogens with one attached hydrogen (secondary N) is 1. The Labute approximate surface area is 92.3 Å². The van der Waals surface area contributed by atoms with Crippen LogP contribution >= 0.6 is 0 Å². The number of aromatic nitrogens is 1. The van der Waals surface area contributed by atoms with Crippen LogP contribution in [0, 0.1) is 5.92 Å². The number of aryl methyl sites for hydroxylation is 1. The second-order valence-corrected chi connectivity index (χ2v) is 5.39. The van der Waals surface area contributed by atoms with Gasteiger partial charge in [-0.05, 0) is 42.7 Å². The van der Waals surface area contributed by atoms with E-state index in [9.17, 15) is 0 Å². The van der Waals surface area contributed by atoms with E-state index in [1.807, 2.05) is 0 Å². The Morgan fingerprint density at radius 2 is 2.00 bits per heavy atom. The molecule has 0 aromatic carbocycles. The summed E-state index contributed by atoms with van der Waals surface area (Å²) in [6.07, 6.45) is 13.7. The smallest absolute Gasteiger partial charge is 0.0182 e. The highest BCUT2D eigenvalue weighted by Gasteiger charge is 2.26. The van der Waals surface area contributed by atoms with Gasteiger partial charge < -0.3 is 4.98 Å². The third-order valence-electron chi connectivity index (χ3n) is 4.39. The quantitative estimate of drug-likeness (QED) is 0.747. The molecule has 1 fully saturated rings. The molecule has 1 N–H and O–H groups in total. The first-order valence-electron chi connectivity index (χ1n) is 6.59.